The van der Waals surface area contributed by atoms with Gasteiger partial charge in [0.25, 0.3) is 0 Å². The average molecular weight is 465 g/mol. The Kier molecular flexibility index (Phi) is 5.86. The number of benzene rings is 3. The van der Waals surface area contributed by atoms with Crippen molar-refractivity contribution in [1.29, 1.82) is 0 Å². The highest BCUT2D eigenvalue weighted by molar-refractivity contribution is 9.10. The van der Waals surface area contributed by atoms with Crippen LogP contribution >= 0.6 is 15.9 Å². The zero-order chi connectivity index (χ0) is 21.1. The van der Waals surface area contributed by atoms with Gasteiger partial charge in [-0.2, -0.15) is 0 Å². The quantitative estimate of drug-likeness (QED) is 0.593. The van der Waals surface area contributed by atoms with E-state index < -0.39 is 18.1 Å². The Balaban J connectivity index is 1.48. The molecule has 6 heteroatoms. The number of ether oxygens (including phenoxy) is 1. The minimum atomic E-state index is -1.25. The predicted molar refractivity (Wildman–Crippen MR) is 115 cm³/mol. The van der Waals surface area contributed by atoms with E-state index in [9.17, 15) is 14.7 Å². The molecule has 30 heavy (non-hydrogen) atoms. The van der Waals surface area contributed by atoms with Gasteiger partial charge >= 0.3 is 6.09 Å². The predicted octanol–water partition coefficient (Wildman–Crippen LogP) is 4.17. The second-order valence-electron chi connectivity index (χ2n) is 7.15. The summed E-state index contributed by atoms with van der Waals surface area (Å²) in [6, 6.07) is 22.5. The lowest BCUT2D eigenvalue weighted by Gasteiger charge is -2.21. The van der Waals surface area contributed by atoms with Crippen molar-refractivity contribution in [2.24, 2.45) is 0 Å². The molecule has 0 saturated heterocycles. The lowest BCUT2D eigenvalue weighted by molar-refractivity contribution is -0.306. The fraction of sp³-hybridized carbons (Fsp3) is 0.167. The number of carboxylic acid groups (broad SMARTS) is 1. The second-order valence-corrected chi connectivity index (χ2v) is 8.07. The zero-order valence-corrected chi connectivity index (χ0v) is 17.6. The molecule has 0 spiro atoms. The Morgan fingerprint density at radius 2 is 1.60 bits per heavy atom. The molecule has 4 rings (SSSR count). The first-order valence-corrected chi connectivity index (χ1v) is 10.4. The number of carbonyl (C=O) groups is 2. The van der Waals surface area contributed by atoms with E-state index in [0.717, 1.165) is 26.7 Å². The first kappa shape index (κ1) is 20.2. The molecule has 5 nitrogen and oxygen atoms in total. The van der Waals surface area contributed by atoms with E-state index in [0.29, 0.717) is 5.56 Å². The van der Waals surface area contributed by atoms with Gasteiger partial charge in [-0.15, -0.1) is 0 Å². The summed E-state index contributed by atoms with van der Waals surface area (Å²) in [4.78, 5) is 23.7. The molecule has 0 aromatic heterocycles. The van der Waals surface area contributed by atoms with Crippen molar-refractivity contribution in [3.8, 4) is 11.1 Å². The molecule has 1 amide bonds. The molecule has 0 saturated carbocycles. The molecule has 1 aliphatic carbocycles. The van der Waals surface area contributed by atoms with Gasteiger partial charge < -0.3 is 20.0 Å². The summed E-state index contributed by atoms with van der Waals surface area (Å²) in [5.74, 6) is -1.31. The van der Waals surface area contributed by atoms with Crippen LogP contribution in [0.5, 0.6) is 0 Å². The van der Waals surface area contributed by atoms with E-state index in [1.807, 2.05) is 42.5 Å². The van der Waals surface area contributed by atoms with Crippen LogP contribution in [0.4, 0.5) is 4.79 Å². The molecular formula is C24H19BrNO4-. The SMILES string of the molecule is O=C([O-])C[C@H](NC(=O)OCC1c2ccccc2-c2ccccc21)c1cccc(Br)c1. The standard InChI is InChI=1S/C24H20BrNO4/c25-16-7-5-6-15(12-16)22(13-23(27)28)26-24(29)30-14-21-19-10-3-1-8-17(19)18-9-2-4-11-20(18)21/h1-12,21-22H,13-14H2,(H,26,29)(H,27,28)/p-1/t22-/m0/s1. The highest BCUT2D eigenvalue weighted by Gasteiger charge is 2.29. The van der Waals surface area contributed by atoms with Gasteiger partial charge in [0.15, 0.2) is 0 Å². The Morgan fingerprint density at radius 1 is 0.967 bits per heavy atom. The Hall–Kier alpha value is -3.12. The van der Waals surface area contributed by atoms with Crippen LogP contribution in [-0.4, -0.2) is 18.7 Å². The molecule has 3 aromatic carbocycles. The maximum atomic E-state index is 12.5. The van der Waals surface area contributed by atoms with Crippen LogP contribution in [0, 0.1) is 0 Å². The van der Waals surface area contributed by atoms with Crippen LogP contribution in [0.2, 0.25) is 0 Å². The third-order valence-corrected chi connectivity index (χ3v) is 5.75. The summed E-state index contributed by atoms with van der Waals surface area (Å²) in [5, 5.41) is 13.8. The van der Waals surface area contributed by atoms with Gasteiger partial charge in [-0.1, -0.05) is 76.6 Å². The van der Waals surface area contributed by atoms with Gasteiger partial charge in [-0.25, -0.2) is 4.79 Å². The maximum Gasteiger partial charge on any atom is 0.407 e. The van der Waals surface area contributed by atoms with E-state index in [-0.39, 0.29) is 18.9 Å². The fourth-order valence-corrected chi connectivity index (χ4v) is 4.34. The molecule has 0 bridgehead atoms. The summed E-state index contributed by atoms with van der Waals surface area (Å²) in [6.07, 6.45) is -1.01. The average Bonchev–Trinajstić information content (AvgIpc) is 3.05. The lowest BCUT2D eigenvalue weighted by atomic mass is 9.98. The van der Waals surface area contributed by atoms with Gasteiger partial charge in [0.1, 0.15) is 6.61 Å². The first-order chi connectivity index (χ1) is 14.5. The van der Waals surface area contributed by atoms with Crippen LogP contribution in [0.25, 0.3) is 11.1 Å². The number of carboxylic acids is 1. The number of halogens is 1. The highest BCUT2D eigenvalue weighted by atomic mass is 79.9. The molecule has 0 unspecified atom stereocenters. The monoisotopic (exact) mass is 464 g/mol. The van der Waals surface area contributed by atoms with Crippen molar-refractivity contribution in [3.05, 3.63) is 94.0 Å². The summed E-state index contributed by atoms with van der Waals surface area (Å²) in [5.41, 5.74) is 5.17. The fourth-order valence-electron chi connectivity index (χ4n) is 3.92. The number of rotatable bonds is 6. The van der Waals surface area contributed by atoms with Crippen LogP contribution in [0.1, 0.15) is 35.1 Å². The van der Waals surface area contributed by atoms with Gasteiger partial charge in [-0.05, 0) is 39.9 Å². The number of amides is 1. The van der Waals surface area contributed by atoms with Crippen LogP contribution in [0.15, 0.2) is 77.3 Å². The third kappa shape index (κ3) is 4.24. The molecule has 1 atom stereocenters. The number of aliphatic carboxylic acids is 1. The summed E-state index contributed by atoms with van der Waals surface area (Å²) < 4.78 is 6.32. The molecule has 152 valence electrons. The maximum absolute atomic E-state index is 12.5. The first-order valence-electron chi connectivity index (χ1n) is 9.59. The topological polar surface area (TPSA) is 78.5 Å². The van der Waals surface area contributed by atoms with E-state index in [4.69, 9.17) is 4.74 Å². The second kappa shape index (κ2) is 8.71. The normalized spacial score (nSPS) is 13.2. The van der Waals surface area contributed by atoms with Gasteiger partial charge in [0.2, 0.25) is 0 Å². The largest absolute Gasteiger partial charge is 0.550 e. The minimum absolute atomic E-state index is 0.0615. The molecule has 0 fully saturated rings. The Labute approximate surface area is 182 Å². The van der Waals surface area contributed by atoms with Crippen molar-refractivity contribution >= 4 is 28.0 Å². The van der Waals surface area contributed by atoms with E-state index in [1.165, 1.54) is 0 Å². The molecular weight excluding hydrogens is 446 g/mol. The van der Waals surface area contributed by atoms with E-state index in [1.54, 1.807) is 18.2 Å². The lowest BCUT2D eigenvalue weighted by Crippen LogP contribution is -2.35. The molecule has 1 aliphatic rings. The Bertz CT molecular complexity index is 1050. The molecule has 0 radical (unpaired) electrons. The highest BCUT2D eigenvalue weighted by Crippen LogP contribution is 2.44. The number of hydrogen-bond donors (Lipinski definition) is 1. The number of alkyl carbamates (subject to hydrolysis) is 1. The number of nitrogens with one attached hydrogen (secondary N) is 1. The van der Waals surface area contributed by atoms with Crippen molar-refractivity contribution in [3.63, 3.8) is 0 Å². The van der Waals surface area contributed by atoms with Crippen LogP contribution in [0.3, 0.4) is 0 Å². The molecule has 0 aliphatic heterocycles. The van der Waals surface area contributed by atoms with Crippen molar-refractivity contribution in [2.75, 3.05) is 6.61 Å². The minimum Gasteiger partial charge on any atom is -0.550 e. The molecule has 3 aromatic rings. The van der Waals surface area contributed by atoms with Crippen molar-refractivity contribution < 1.29 is 19.4 Å². The van der Waals surface area contributed by atoms with Gasteiger partial charge in [0, 0.05) is 22.8 Å². The van der Waals surface area contributed by atoms with Gasteiger partial charge in [0.05, 0.1) is 6.04 Å². The van der Waals surface area contributed by atoms with Crippen LogP contribution < -0.4 is 10.4 Å². The molecule has 1 N–H and O–H groups in total. The summed E-state index contributed by atoms with van der Waals surface area (Å²) >= 11 is 3.36. The third-order valence-electron chi connectivity index (χ3n) is 5.26. The smallest absolute Gasteiger partial charge is 0.407 e. The van der Waals surface area contributed by atoms with Crippen molar-refractivity contribution in [1.82, 2.24) is 5.32 Å². The zero-order valence-electron chi connectivity index (χ0n) is 16.0. The van der Waals surface area contributed by atoms with E-state index >= 15 is 0 Å². The van der Waals surface area contributed by atoms with Crippen LogP contribution in [-0.2, 0) is 9.53 Å². The summed E-state index contributed by atoms with van der Waals surface area (Å²) in [6.45, 7) is 0.163. The molecule has 0 heterocycles. The van der Waals surface area contributed by atoms with E-state index in [2.05, 4.69) is 33.4 Å². The van der Waals surface area contributed by atoms with Crippen molar-refractivity contribution in [2.45, 2.75) is 18.4 Å². The van der Waals surface area contributed by atoms with Gasteiger partial charge in [-0.3, -0.25) is 0 Å². The number of carbonyl (C=O) groups excluding carboxylic acids is 2. The number of hydrogen-bond acceptors (Lipinski definition) is 4. The summed E-state index contributed by atoms with van der Waals surface area (Å²) in [7, 11) is 0. The Morgan fingerprint density at radius 3 is 2.20 bits per heavy atom. The number of fused-ring (bicyclic) bond motifs is 3.